The van der Waals surface area contributed by atoms with Crippen LogP contribution in [0, 0.1) is 5.92 Å². The van der Waals surface area contributed by atoms with E-state index in [-0.39, 0.29) is 5.69 Å². The van der Waals surface area contributed by atoms with E-state index >= 15 is 0 Å². The normalized spacial score (nSPS) is 15.6. The number of ether oxygens (including phenoxy) is 1. The van der Waals surface area contributed by atoms with E-state index in [1.807, 2.05) is 22.9 Å². The van der Waals surface area contributed by atoms with Crippen LogP contribution >= 0.6 is 0 Å². The Morgan fingerprint density at radius 1 is 1.04 bits per heavy atom. The van der Waals surface area contributed by atoms with Gasteiger partial charge >= 0.3 is 5.69 Å². The standard InChI is InChI=1S/C22H21N3O2/c26-22-24-21-20(25(22)14-15-7-9-27-10-8-15)12-19(13-23-21)18-6-5-16-3-1-2-4-17(16)11-18/h1-6,11-13,15H,7-10,14H2,(H,23,24,26). The van der Waals surface area contributed by atoms with Gasteiger partial charge in [0.25, 0.3) is 0 Å². The highest BCUT2D eigenvalue weighted by atomic mass is 16.5. The molecule has 0 atom stereocenters. The zero-order chi connectivity index (χ0) is 18.2. The Morgan fingerprint density at radius 2 is 1.85 bits per heavy atom. The predicted octanol–water partition coefficient (Wildman–Crippen LogP) is 3.97. The molecule has 1 aliphatic heterocycles. The third kappa shape index (κ3) is 3.04. The maximum absolute atomic E-state index is 12.5. The number of nitrogens with one attached hydrogen (secondary N) is 1. The van der Waals surface area contributed by atoms with Crippen molar-refractivity contribution >= 4 is 21.9 Å². The van der Waals surface area contributed by atoms with Gasteiger partial charge in [0, 0.05) is 31.5 Å². The summed E-state index contributed by atoms with van der Waals surface area (Å²) >= 11 is 0. The van der Waals surface area contributed by atoms with Gasteiger partial charge in [0.05, 0.1) is 5.52 Å². The zero-order valence-electron chi connectivity index (χ0n) is 15.0. The van der Waals surface area contributed by atoms with Gasteiger partial charge in [0.2, 0.25) is 0 Å². The topological polar surface area (TPSA) is 59.9 Å². The minimum atomic E-state index is -0.0837. The maximum Gasteiger partial charge on any atom is 0.327 e. The lowest BCUT2D eigenvalue weighted by Crippen LogP contribution is -2.25. The molecule has 0 radical (unpaired) electrons. The van der Waals surface area contributed by atoms with Gasteiger partial charge in [-0.05, 0) is 47.2 Å². The molecule has 0 saturated carbocycles. The van der Waals surface area contributed by atoms with Gasteiger partial charge in [-0.15, -0.1) is 0 Å². The molecule has 5 heteroatoms. The van der Waals surface area contributed by atoms with E-state index < -0.39 is 0 Å². The number of hydrogen-bond acceptors (Lipinski definition) is 3. The third-order valence-electron chi connectivity index (χ3n) is 5.49. The summed E-state index contributed by atoms with van der Waals surface area (Å²) in [7, 11) is 0. The predicted molar refractivity (Wildman–Crippen MR) is 107 cm³/mol. The number of aromatic amines is 1. The third-order valence-corrected chi connectivity index (χ3v) is 5.49. The van der Waals surface area contributed by atoms with Crippen molar-refractivity contribution in [1.82, 2.24) is 14.5 Å². The van der Waals surface area contributed by atoms with Crippen LogP contribution in [0.15, 0.2) is 59.5 Å². The Kier molecular flexibility index (Phi) is 4.02. The summed E-state index contributed by atoms with van der Waals surface area (Å²) < 4.78 is 7.28. The molecule has 1 aliphatic rings. The lowest BCUT2D eigenvalue weighted by atomic mass is 10.00. The molecule has 5 rings (SSSR count). The second kappa shape index (κ2) is 6.67. The van der Waals surface area contributed by atoms with Crippen molar-refractivity contribution in [3.05, 3.63) is 65.2 Å². The highest BCUT2D eigenvalue weighted by molar-refractivity contribution is 5.88. The van der Waals surface area contributed by atoms with Gasteiger partial charge in [-0.3, -0.25) is 9.55 Å². The molecule has 1 fully saturated rings. The van der Waals surface area contributed by atoms with E-state index in [9.17, 15) is 4.79 Å². The second-order valence-electron chi connectivity index (χ2n) is 7.25. The molecule has 3 heterocycles. The van der Waals surface area contributed by atoms with Crippen LogP contribution in [-0.2, 0) is 11.3 Å². The van der Waals surface area contributed by atoms with Gasteiger partial charge in [-0.2, -0.15) is 0 Å². The molecule has 2 aromatic carbocycles. The summed E-state index contributed by atoms with van der Waals surface area (Å²) in [6.45, 7) is 2.27. The number of hydrogen-bond donors (Lipinski definition) is 1. The largest absolute Gasteiger partial charge is 0.381 e. The lowest BCUT2D eigenvalue weighted by molar-refractivity contribution is 0.0613. The summed E-state index contributed by atoms with van der Waals surface area (Å²) in [6, 6.07) is 16.8. The number of fused-ring (bicyclic) bond motifs is 2. The molecule has 0 bridgehead atoms. The Bertz CT molecular complexity index is 1170. The molecule has 136 valence electrons. The number of imidazole rings is 1. The van der Waals surface area contributed by atoms with Gasteiger partial charge < -0.3 is 4.74 Å². The van der Waals surface area contributed by atoms with E-state index in [1.54, 1.807) is 0 Å². The Labute approximate surface area is 156 Å². The Hall–Kier alpha value is -2.92. The van der Waals surface area contributed by atoms with Gasteiger partial charge in [-0.25, -0.2) is 9.78 Å². The van der Waals surface area contributed by atoms with Crippen LogP contribution in [0.25, 0.3) is 33.1 Å². The minimum absolute atomic E-state index is 0.0837. The van der Waals surface area contributed by atoms with Crippen LogP contribution < -0.4 is 5.69 Å². The van der Waals surface area contributed by atoms with Crippen LogP contribution in [0.1, 0.15) is 12.8 Å². The fraction of sp³-hybridized carbons (Fsp3) is 0.273. The van der Waals surface area contributed by atoms with Crippen LogP contribution in [-0.4, -0.2) is 27.7 Å². The SMILES string of the molecule is O=c1[nH]c2ncc(-c3ccc4ccccc4c3)cc2n1CC1CCOCC1. The molecule has 0 aliphatic carbocycles. The molecule has 0 spiro atoms. The van der Waals surface area contributed by atoms with Gasteiger partial charge in [-0.1, -0.05) is 36.4 Å². The molecule has 1 N–H and O–H groups in total. The molecule has 0 unspecified atom stereocenters. The number of pyridine rings is 1. The van der Waals surface area contributed by atoms with Crippen molar-refractivity contribution in [3.8, 4) is 11.1 Å². The van der Waals surface area contributed by atoms with E-state index in [0.29, 0.717) is 18.1 Å². The molecule has 2 aromatic heterocycles. The molecule has 1 saturated heterocycles. The van der Waals surface area contributed by atoms with Crippen molar-refractivity contribution in [1.29, 1.82) is 0 Å². The molecular formula is C22H21N3O2. The van der Waals surface area contributed by atoms with Gasteiger partial charge in [0.15, 0.2) is 5.65 Å². The zero-order valence-corrected chi connectivity index (χ0v) is 15.0. The van der Waals surface area contributed by atoms with E-state index in [0.717, 1.165) is 42.7 Å². The van der Waals surface area contributed by atoms with Crippen LogP contribution in [0.4, 0.5) is 0 Å². The van der Waals surface area contributed by atoms with E-state index in [1.165, 1.54) is 10.8 Å². The number of aromatic nitrogens is 3. The average Bonchev–Trinajstić information content (AvgIpc) is 3.03. The fourth-order valence-electron chi connectivity index (χ4n) is 3.93. The first kappa shape index (κ1) is 16.3. The van der Waals surface area contributed by atoms with Crippen LogP contribution in [0.2, 0.25) is 0 Å². The minimum Gasteiger partial charge on any atom is -0.381 e. The fourth-order valence-corrected chi connectivity index (χ4v) is 3.93. The quantitative estimate of drug-likeness (QED) is 0.602. The van der Waals surface area contributed by atoms with E-state index in [2.05, 4.69) is 46.4 Å². The summed E-state index contributed by atoms with van der Waals surface area (Å²) in [5.74, 6) is 0.472. The summed E-state index contributed by atoms with van der Waals surface area (Å²) in [6.07, 6.45) is 3.83. The first-order valence-electron chi connectivity index (χ1n) is 9.43. The van der Waals surface area contributed by atoms with Crippen molar-refractivity contribution in [3.63, 3.8) is 0 Å². The van der Waals surface area contributed by atoms with Crippen molar-refractivity contribution < 1.29 is 4.74 Å². The average molecular weight is 359 g/mol. The van der Waals surface area contributed by atoms with Crippen molar-refractivity contribution in [2.75, 3.05) is 13.2 Å². The number of H-pyrrole nitrogens is 1. The summed E-state index contributed by atoms with van der Waals surface area (Å²) in [5, 5.41) is 2.41. The van der Waals surface area contributed by atoms with E-state index in [4.69, 9.17) is 4.74 Å². The van der Waals surface area contributed by atoms with Crippen molar-refractivity contribution in [2.45, 2.75) is 19.4 Å². The number of rotatable bonds is 3. The summed E-state index contributed by atoms with van der Waals surface area (Å²) in [5.41, 5.74) is 3.57. The molecule has 4 aromatic rings. The summed E-state index contributed by atoms with van der Waals surface area (Å²) in [4.78, 5) is 19.9. The first-order valence-corrected chi connectivity index (χ1v) is 9.43. The number of nitrogens with zero attached hydrogens (tertiary/aromatic N) is 2. The number of benzene rings is 2. The smallest absolute Gasteiger partial charge is 0.327 e. The molecule has 0 amide bonds. The second-order valence-corrected chi connectivity index (χ2v) is 7.25. The van der Waals surface area contributed by atoms with Gasteiger partial charge in [0.1, 0.15) is 0 Å². The molecule has 27 heavy (non-hydrogen) atoms. The molecule has 5 nitrogen and oxygen atoms in total. The Morgan fingerprint density at radius 3 is 2.70 bits per heavy atom. The first-order chi connectivity index (χ1) is 13.3. The highest BCUT2D eigenvalue weighted by Gasteiger charge is 2.18. The Balaban J connectivity index is 1.57. The maximum atomic E-state index is 12.5. The monoisotopic (exact) mass is 359 g/mol. The molecular weight excluding hydrogens is 338 g/mol. The van der Waals surface area contributed by atoms with Crippen LogP contribution in [0.5, 0.6) is 0 Å². The highest BCUT2D eigenvalue weighted by Crippen LogP contribution is 2.26. The lowest BCUT2D eigenvalue weighted by Gasteiger charge is -2.22. The van der Waals surface area contributed by atoms with Crippen molar-refractivity contribution in [2.24, 2.45) is 5.92 Å². The van der Waals surface area contributed by atoms with Crippen LogP contribution in [0.3, 0.4) is 0 Å².